The smallest absolute Gasteiger partial charge is 0.246 e. The zero-order chi connectivity index (χ0) is 23.5. The highest BCUT2D eigenvalue weighted by molar-refractivity contribution is 5.88. The summed E-state index contributed by atoms with van der Waals surface area (Å²) in [6, 6.07) is 4.71. The van der Waals surface area contributed by atoms with E-state index in [2.05, 4.69) is 4.98 Å². The number of aromatic hydroxyl groups is 1. The van der Waals surface area contributed by atoms with Crippen molar-refractivity contribution in [3.05, 3.63) is 60.5 Å². The van der Waals surface area contributed by atoms with Crippen molar-refractivity contribution in [2.24, 2.45) is 5.92 Å². The molecule has 1 saturated heterocycles. The van der Waals surface area contributed by atoms with Crippen molar-refractivity contribution in [3.63, 3.8) is 0 Å². The number of pyridine rings is 1. The van der Waals surface area contributed by atoms with Gasteiger partial charge in [0.1, 0.15) is 11.3 Å². The molecule has 1 N–H and O–H groups in total. The Kier molecular flexibility index (Phi) is 6.65. The maximum Gasteiger partial charge on any atom is 0.246 e. The second kappa shape index (κ2) is 9.62. The zero-order valence-corrected chi connectivity index (χ0v) is 19.2. The Morgan fingerprint density at radius 3 is 2.85 bits per heavy atom. The van der Waals surface area contributed by atoms with Gasteiger partial charge in [-0.25, -0.2) is 9.37 Å². The van der Waals surface area contributed by atoms with Gasteiger partial charge in [0.15, 0.2) is 11.6 Å². The second-order valence-electron chi connectivity index (χ2n) is 8.68. The maximum absolute atomic E-state index is 14.1. The number of likely N-dealkylation sites (tertiary alicyclic amines) is 1. The molecule has 0 unspecified atom stereocenters. The third-order valence-corrected chi connectivity index (χ3v) is 5.82. The summed E-state index contributed by atoms with van der Waals surface area (Å²) in [4.78, 5) is 20.2. The number of hydrogen-bond acceptors (Lipinski definition) is 5. The third-order valence-electron chi connectivity index (χ3n) is 5.82. The average molecular weight is 453 g/mol. The molecular weight excluding hydrogens is 423 g/mol. The largest absolute Gasteiger partial charge is 0.505 e. The summed E-state index contributed by atoms with van der Waals surface area (Å²) in [5.74, 6) is -0.0863. The van der Waals surface area contributed by atoms with Crippen molar-refractivity contribution in [2.75, 3.05) is 40.3 Å². The van der Waals surface area contributed by atoms with Crippen LogP contribution >= 0.6 is 0 Å². The van der Waals surface area contributed by atoms with Gasteiger partial charge in [0.2, 0.25) is 5.91 Å². The lowest BCUT2D eigenvalue weighted by atomic mass is 9.98. The first-order chi connectivity index (χ1) is 15.9. The molecule has 33 heavy (non-hydrogen) atoms. The van der Waals surface area contributed by atoms with Gasteiger partial charge in [0, 0.05) is 43.4 Å². The fourth-order valence-electron chi connectivity index (χ4n) is 3.96. The van der Waals surface area contributed by atoms with Crippen LogP contribution in [0.5, 0.6) is 11.5 Å². The molecule has 1 aliphatic heterocycles. The first kappa shape index (κ1) is 22.8. The molecule has 7 nitrogen and oxygen atoms in total. The van der Waals surface area contributed by atoms with Crippen LogP contribution in [0.1, 0.15) is 12.5 Å². The zero-order valence-electron chi connectivity index (χ0n) is 19.2. The number of carbonyl (C=O) groups excluding carboxylic acids is 1. The molecule has 1 amide bonds. The van der Waals surface area contributed by atoms with Crippen molar-refractivity contribution < 1.29 is 19.0 Å². The van der Waals surface area contributed by atoms with E-state index in [4.69, 9.17) is 4.74 Å². The molecule has 174 valence electrons. The molecule has 1 fully saturated rings. The lowest BCUT2D eigenvalue weighted by molar-refractivity contribution is -0.132. The number of likely N-dealkylation sites (N-methyl/N-ethyl adjacent to an activating group) is 1. The van der Waals surface area contributed by atoms with Crippen LogP contribution < -0.4 is 4.74 Å². The van der Waals surface area contributed by atoms with Gasteiger partial charge in [-0.2, -0.15) is 0 Å². The molecule has 3 heterocycles. The summed E-state index contributed by atoms with van der Waals surface area (Å²) < 4.78 is 22.1. The lowest BCUT2D eigenvalue weighted by Gasteiger charge is -2.38. The van der Waals surface area contributed by atoms with Gasteiger partial charge in [-0.15, -0.1) is 0 Å². The number of nitrogens with zero attached hydrogens (tertiary/aromatic N) is 4. The van der Waals surface area contributed by atoms with E-state index in [0.29, 0.717) is 37.4 Å². The number of benzene rings is 1. The number of halogens is 1. The summed E-state index contributed by atoms with van der Waals surface area (Å²) in [6.07, 6.45) is 9.42. The van der Waals surface area contributed by atoms with E-state index in [9.17, 15) is 14.3 Å². The summed E-state index contributed by atoms with van der Waals surface area (Å²) in [6.45, 7) is 4.48. The molecule has 3 aromatic rings. The van der Waals surface area contributed by atoms with E-state index in [1.54, 1.807) is 23.5 Å². The number of phenolic OH excluding ortho intramolecular Hbond substituents is 1. The number of ether oxygens (including phenoxy) is 1. The van der Waals surface area contributed by atoms with E-state index >= 15 is 0 Å². The Morgan fingerprint density at radius 2 is 2.12 bits per heavy atom. The molecule has 0 bridgehead atoms. The normalized spacial score (nSPS) is 14.4. The van der Waals surface area contributed by atoms with Crippen LogP contribution in [-0.2, 0) is 11.2 Å². The quantitative estimate of drug-likeness (QED) is 0.531. The van der Waals surface area contributed by atoms with Gasteiger partial charge < -0.3 is 24.0 Å². The van der Waals surface area contributed by atoms with Gasteiger partial charge >= 0.3 is 0 Å². The number of phenols is 1. The molecule has 0 radical (unpaired) electrons. The number of rotatable bonds is 8. The van der Waals surface area contributed by atoms with Crippen LogP contribution in [0.4, 0.5) is 4.39 Å². The summed E-state index contributed by atoms with van der Waals surface area (Å²) in [5, 5.41) is 9.76. The Balaban J connectivity index is 1.47. The van der Waals surface area contributed by atoms with E-state index in [1.165, 1.54) is 12.1 Å². The van der Waals surface area contributed by atoms with Crippen LogP contribution in [0.25, 0.3) is 16.6 Å². The van der Waals surface area contributed by atoms with Gasteiger partial charge in [-0.3, -0.25) is 4.79 Å². The molecule has 0 atom stereocenters. The van der Waals surface area contributed by atoms with Crippen molar-refractivity contribution in [2.45, 2.75) is 13.3 Å². The highest BCUT2D eigenvalue weighted by atomic mass is 19.1. The number of aromatic nitrogens is 2. The highest BCUT2D eigenvalue weighted by Gasteiger charge is 2.30. The Morgan fingerprint density at radius 1 is 1.33 bits per heavy atom. The molecule has 2 aromatic heterocycles. The number of carbonyl (C=O) groups is 1. The van der Waals surface area contributed by atoms with Gasteiger partial charge in [-0.1, -0.05) is 13.0 Å². The minimum absolute atomic E-state index is 0.0229. The Labute approximate surface area is 192 Å². The third kappa shape index (κ3) is 5.01. The molecule has 1 aliphatic rings. The van der Waals surface area contributed by atoms with E-state index in [1.807, 2.05) is 48.7 Å². The minimum Gasteiger partial charge on any atom is -0.505 e. The number of hydrogen-bond donors (Lipinski definition) is 1. The van der Waals surface area contributed by atoms with Crippen LogP contribution in [0.15, 0.2) is 49.1 Å². The molecule has 0 spiro atoms. The molecule has 8 heteroatoms. The Hall–Kier alpha value is -3.39. The Bertz CT molecular complexity index is 1180. The second-order valence-corrected chi connectivity index (χ2v) is 8.68. The first-order valence-electron chi connectivity index (χ1n) is 11.1. The monoisotopic (exact) mass is 452 g/mol. The number of imidazole rings is 1. The molecule has 0 saturated carbocycles. The lowest BCUT2D eigenvalue weighted by Crippen LogP contribution is -2.51. The van der Waals surface area contributed by atoms with Crippen molar-refractivity contribution in [1.82, 2.24) is 19.2 Å². The summed E-state index contributed by atoms with van der Waals surface area (Å²) in [7, 11) is 3.92. The summed E-state index contributed by atoms with van der Waals surface area (Å²) >= 11 is 0. The predicted molar refractivity (Wildman–Crippen MR) is 125 cm³/mol. The van der Waals surface area contributed by atoms with Crippen LogP contribution in [0.2, 0.25) is 0 Å². The summed E-state index contributed by atoms with van der Waals surface area (Å²) in [5.41, 5.74) is 3.14. The van der Waals surface area contributed by atoms with E-state index in [-0.39, 0.29) is 17.6 Å². The average Bonchev–Trinajstić information content (AvgIpc) is 3.22. The standard InChI is InChI=1S/C25H29FN4O3/c1-4-18-8-23(31)21(26)10-20(18)19-9-24(22-11-27-16-30(22)14-19)33-15-17-12-29(13-17)25(32)6-5-7-28(2)3/h5-6,8-11,14,16-17,31H,4,7,12-13,15H2,1-3H3/b6-5+. The van der Waals surface area contributed by atoms with E-state index in [0.717, 1.165) is 23.2 Å². The van der Waals surface area contributed by atoms with Crippen LogP contribution in [-0.4, -0.2) is 70.5 Å². The van der Waals surface area contributed by atoms with Gasteiger partial charge in [0.25, 0.3) is 0 Å². The van der Waals surface area contributed by atoms with Crippen LogP contribution in [0, 0.1) is 11.7 Å². The fraction of sp³-hybridized carbons (Fsp3) is 0.360. The topological polar surface area (TPSA) is 70.3 Å². The van der Waals surface area contributed by atoms with Gasteiger partial charge in [-0.05, 0) is 49.8 Å². The molecule has 4 rings (SSSR count). The predicted octanol–water partition coefficient (Wildman–Crippen LogP) is 3.36. The molecule has 0 aliphatic carbocycles. The maximum atomic E-state index is 14.1. The SMILES string of the molecule is CCc1cc(O)c(F)cc1-c1cc(OCC2CN(C(=O)/C=C/CN(C)C)C2)c2cncn2c1. The first-order valence-corrected chi connectivity index (χ1v) is 11.1. The number of aryl methyl sites for hydroxylation is 1. The fourth-order valence-corrected chi connectivity index (χ4v) is 3.96. The molecular formula is C25H29FN4O3. The number of amides is 1. The molecule has 1 aromatic carbocycles. The van der Waals surface area contributed by atoms with Gasteiger partial charge in [0.05, 0.1) is 19.1 Å². The van der Waals surface area contributed by atoms with E-state index < -0.39 is 5.82 Å². The highest BCUT2D eigenvalue weighted by Crippen LogP contribution is 2.34. The van der Waals surface area contributed by atoms with Crippen molar-refractivity contribution >= 4 is 11.4 Å². The number of fused-ring (bicyclic) bond motifs is 1. The van der Waals surface area contributed by atoms with Crippen molar-refractivity contribution in [1.29, 1.82) is 0 Å². The van der Waals surface area contributed by atoms with Crippen molar-refractivity contribution in [3.8, 4) is 22.6 Å². The minimum atomic E-state index is -0.658. The van der Waals surface area contributed by atoms with Crippen LogP contribution in [0.3, 0.4) is 0 Å².